The van der Waals surface area contributed by atoms with Gasteiger partial charge in [0.15, 0.2) is 19.9 Å². The number of methoxy groups -OCH3 is 1. The van der Waals surface area contributed by atoms with Crippen LogP contribution in [0.2, 0.25) is 18.1 Å². The van der Waals surface area contributed by atoms with Gasteiger partial charge in [0.05, 0.1) is 25.7 Å². The zero-order valence-electron chi connectivity index (χ0n) is 22.4. The molecule has 7 atom stereocenters. The third-order valence-electron chi connectivity index (χ3n) is 8.82. The van der Waals surface area contributed by atoms with Crippen LogP contribution in [-0.4, -0.2) is 75.7 Å². The SMILES string of the molecule is C=CC(=O)C(O[Si](CC)(CC)CC)[C@@H]1O[C@H]2CCC(CC(=O)OC)O[C@@H]2[C@@H]2OC3(CCCCC3)O[C@@H]21. The van der Waals surface area contributed by atoms with Crippen LogP contribution in [0.4, 0.5) is 0 Å². The molecule has 1 saturated carbocycles. The Morgan fingerprint density at radius 2 is 1.67 bits per heavy atom. The van der Waals surface area contributed by atoms with Gasteiger partial charge in [0.25, 0.3) is 0 Å². The van der Waals surface area contributed by atoms with E-state index >= 15 is 0 Å². The van der Waals surface area contributed by atoms with E-state index in [4.69, 9.17) is 28.1 Å². The molecule has 1 aliphatic carbocycles. The van der Waals surface area contributed by atoms with Crippen LogP contribution in [0.3, 0.4) is 0 Å². The molecule has 3 aliphatic heterocycles. The maximum atomic E-state index is 13.3. The van der Waals surface area contributed by atoms with Crippen molar-refractivity contribution in [3.05, 3.63) is 12.7 Å². The summed E-state index contributed by atoms with van der Waals surface area (Å²) >= 11 is 0. The first-order chi connectivity index (χ1) is 17.3. The molecule has 204 valence electrons. The van der Waals surface area contributed by atoms with Gasteiger partial charge in [0.2, 0.25) is 0 Å². The highest BCUT2D eigenvalue weighted by atomic mass is 28.4. The van der Waals surface area contributed by atoms with Crippen LogP contribution in [0.15, 0.2) is 12.7 Å². The van der Waals surface area contributed by atoms with Crippen LogP contribution in [-0.2, 0) is 37.7 Å². The van der Waals surface area contributed by atoms with Crippen LogP contribution >= 0.6 is 0 Å². The highest BCUT2D eigenvalue weighted by molar-refractivity contribution is 6.73. The first-order valence-corrected chi connectivity index (χ1v) is 16.4. The number of rotatable bonds is 10. The predicted octanol–water partition coefficient (Wildman–Crippen LogP) is 4.45. The molecule has 3 saturated heterocycles. The first kappa shape index (κ1) is 27.9. The minimum Gasteiger partial charge on any atom is -0.469 e. The fourth-order valence-electron chi connectivity index (χ4n) is 6.43. The molecule has 0 aromatic rings. The Kier molecular flexibility index (Phi) is 9.11. The second kappa shape index (κ2) is 11.7. The van der Waals surface area contributed by atoms with Crippen LogP contribution in [0.5, 0.6) is 0 Å². The van der Waals surface area contributed by atoms with Gasteiger partial charge in [-0.05, 0) is 49.9 Å². The average Bonchev–Trinajstić information content (AvgIpc) is 3.28. The lowest BCUT2D eigenvalue weighted by Crippen LogP contribution is -2.64. The molecule has 9 heteroatoms. The van der Waals surface area contributed by atoms with Gasteiger partial charge in [0.1, 0.15) is 30.5 Å². The summed E-state index contributed by atoms with van der Waals surface area (Å²) in [5.74, 6) is -1.14. The molecule has 0 aromatic heterocycles. The minimum absolute atomic E-state index is 0.169. The van der Waals surface area contributed by atoms with Crippen LogP contribution in [0.1, 0.15) is 72.1 Å². The van der Waals surface area contributed by atoms with Crippen molar-refractivity contribution in [1.29, 1.82) is 0 Å². The largest absolute Gasteiger partial charge is 0.469 e. The number of hydrogen-bond acceptors (Lipinski definition) is 8. The smallest absolute Gasteiger partial charge is 0.308 e. The fraction of sp³-hybridized carbons (Fsp3) is 0.852. The second-order valence-corrected chi connectivity index (χ2v) is 15.5. The van der Waals surface area contributed by atoms with E-state index in [0.29, 0.717) is 12.8 Å². The highest BCUT2D eigenvalue weighted by Gasteiger charge is 2.62. The molecule has 0 N–H and O–H groups in total. The summed E-state index contributed by atoms with van der Waals surface area (Å²) in [4.78, 5) is 25.2. The molecule has 3 heterocycles. The molecule has 0 radical (unpaired) electrons. The molecule has 4 rings (SSSR count). The maximum absolute atomic E-state index is 13.3. The van der Waals surface area contributed by atoms with E-state index in [1.807, 2.05) is 0 Å². The summed E-state index contributed by atoms with van der Waals surface area (Å²) in [7, 11) is -0.749. The van der Waals surface area contributed by atoms with Gasteiger partial charge in [-0.3, -0.25) is 9.59 Å². The van der Waals surface area contributed by atoms with Crippen molar-refractivity contribution in [2.75, 3.05) is 7.11 Å². The summed E-state index contributed by atoms with van der Waals surface area (Å²) < 4.78 is 38.2. The molecule has 1 spiro atoms. The molecule has 0 aromatic carbocycles. The number of ether oxygens (including phenoxy) is 5. The van der Waals surface area contributed by atoms with Crippen molar-refractivity contribution < 1.29 is 37.7 Å². The quantitative estimate of drug-likeness (QED) is 0.235. The number of carbonyl (C=O) groups is 2. The molecule has 8 nitrogen and oxygen atoms in total. The predicted molar refractivity (Wildman–Crippen MR) is 136 cm³/mol. The van der Waals surface area contributed by atoms with Crippen LogP contribution < -0.4 is 0 Å². The zero-order valence-corrected chi connectivity index (χ0v) is 23.4. The van der Waals surface area contributed by atoms with Crippen molar-refractivity contribution in [2.45, 2.75) is 139 Å². The standard InChI is InChI=1S/C27H44O8Si/c1-6-19(28)22(35-36(7-2,8-3)9-4)24-26-25(33-27(34-26)15-11-10-12-16-27)23-20(32-24)14-13-18(31-23)17-21(29)30-5/h6,18,20,22-26H,1,7-17H2,2-5H3/t18?,20-,22?,23-,24-,25-,26+/m0/s1. The Labute approximate surface area is 216 Å². The third kappa shape index (κ3) is 5.52. The molecule has 36 heavy (non-hydrogen) atoms. The van der Waals surface area contributed by atoms with Gasteiger partial charge in [0, 0.05) is 12.8 Å². The van der Waals surface area contributed by atoms with Crippen molar-refractivity contribution in [3.63, 3.8) is 0 Å². The van der Waals surface area contributed by atoms with Gasteiger partial charge >= 0.3 is 5.97 Å². The van der Waals surface area contributed by atoms with Crippen molar-refractivity contribution in [2.24, 2.45) is 0 Å². The lowest BCUT2D eigenvalue weighted by atomic mass is 9.86. The van der Waals surface area contributed by atoms with Crippen molar-refractivity contribution in [3.8, 4) is 0 Å². The topological polar surface area (TPSA) is 89.5 Å². The maximum Gasteiger partial charge on any atom is 0.308 e. The van der Waals surface area contributed by atoms with Crippen LogP contribution in [0, 0.1) is 0 Å². The van der Waals surface area contributed by atoms with E-state index in [9.17, 15) is 9.59 Å². The monoisotopic (exact) mass is 524 g/mol. The second-order valence-electron chi connectivity index (χ2n) is 10.7. The van der Waals surface area contributed by atoms with E-state index in [1.165, 1.54) is 13.2 Å². The molecule has 0 bridgehead atoms. The minimum atomic E-state index is -2.14. The number of fused-ring (bicyclic) bond motifs is 3. The van der Waals surface area contributed by atoms with Gasteiger partial charge in [-0.2, -0.15) is 0 Å². The van der Waals surface area contributed by atoms with Gasteiger partial charge in [-0.15, -0.1) is 0 Å². The summed E-state index contributed by atoms with van der Waals surface area (Å²) in [6, 6.07) is 2.77. The summed E-state index contributed by atoms with van der Waals surface area (Å²) in [5, 5.41) is 0. The molecular formula is C27H44O8Si. The summed E-state index contributed by atoms with van der Waals surface area (Å²) in [6.07, 6.45) is 4.63. The summed E-state index contributed by atoms with van der Waals surface area (Å²) in [6.45, 7) is 10.2. The van der Waals surface area contributed by atoms with Crippen molar-refractivity contribution >= 4 is 20.1 Å². The Bertz CT molecular complexity index is 784. The highest BCUT2D eigenvalue weighted by Crippen LogP contribution is 2.48. The zero-order chi connectivity index (χ0) is 25.9. The van der Waals surface area contributed by atoms with E-state index in [0.717, 1.165) is 50.2 Å². The Morgan fingerprint density at radius 1 is 1.00 bits per heavy atom. The summed E-state index contributed by atoms with van der Waals surface area (Å²) in [5.41, 5.74) is 0. The van der Waals surface area contributed by atoms with E-state index in [2.05, 4.69) is 27.4 Å². The Hall–Kier alpha value is -1.10. The molecular weight excluding hydrogens is 480 g/mol. The number of ketones is 1. The number of hydrogen-bond donors (Lipinski definition) is 0. The van der Waals surface area contributed by atoms with E-state index in [1.54, 1.807) is 0 Å². The molecule has 4 fully saturated rings. The molecule has 0 amide bonds. The molecule has 2 unspecified atom stereocenters. The Balaban J connectivity index is 1.64. The van der Waals surface area contributed by atoms with E-state index < -0.39 is 38.5 Å². The average molecular weight is 525 g/mol. The lowest BCUT2D eigenvalue weighted by molar-refractivity contribution is -0.250. The fourth-order valence-corrected chi connectivity index (χ4v) is 9.22. The number of carbonyl (C=O) groups excluding carboxylic acids is 2. The van der Waals surface area contributed by atoms with Crippen LogP contribution in [0.25, 0.3) is 0 Å². The third-order valence-corrected chi connectivity index (χ3v) is 13.4. The van der Waals surface area contributed by atoms with Gasteiger partial charge in [-0.1, -0.05) is 33.8 Å². The van der Waals surface area contributed by atoms with E-state index in [-0.39, 0.29) is 36.5 Å². The normalized spacial score (nSPS) is 34.4. The van der Waals surface area contributed by atoms with Gasteiger partial charge < -0.3 is 28.1 Å². The van der Waals surface area contributed by atoms with Crippen molar-refractivity contribution in [1.82, 2.24) is 0 Å². The Morgan fingerprint density at radius 3 is 2.28 bits per heavy atom. The number of esters is 1. The lowest BCUT2D eigenvalue weighted by Gasteiger charge is -2.48. The first-order valence-electron chi connectivity index (χ1n) is 13.9. The van der Waals surface area contributed by atoms with Gasteiger partial charge in [-0.25, -0.2) is 0 Å². The molecule has 4 aliphatic rings.